The maximum Gasteiger partial charge on any atom is 0.306 e. The molecule has 330 valence electrons. The van der Waals surface area contributed by atoms with E-state index in [4.69, 9.17) is 14.2 Å². The van der Waals surface area contributed by atoms with Crippen molar-refractivity contribution in [1.82, 2.24) is 0 Å². The summed E-state index contributed by atoms with van der Waals surface area (Å²) in [5.74, 6) is -1.03. The van der Waals surface area contributed by atoms with Crippen LogP contribution in [0.3, 0.4) is 0 Å². The third kappa shape index (κ3) is 44.8. The maximum atomic E-state index is 12.6. The van der Waals surface area contributed by atoms with Crippen molar-refractivity contribution < 1.29 is 28.6 Å². The first kappa shape index (κ1) is 54.8. The van der Waals surface area contributed by atoms with Crippen LogP contribution in [0.2, 0.25) is 0 Å². The summed E-state index contributed by atoms with van der Waals surface area (Å²) in [4.78, 5) is 37.5. The van der Waals surface area contributed by atoms with E-state index in [1.165, 1.54) is 0 Å². The van der Waals surface area contributed by atoms with Crippen molar-refractivity contribution in [2.24, 2.45) is 0 Å². The van der Waals surface area contributed by atoms with Gasteiger partial charge in [-0.2, -0.15) is 0 Å². The molecule has 0 bridgehead atoms. The van der Waals surface area contributed by atoms with Gasteiger partial charge in [-0.05, 0) is 103 Å². The Morgan fingerprint density at radius 3 is 1.08 bits per heavy atom. The van der Waals surface area contributed by atoms with Crippen LogP contribution in [0.4, 0.5) is 0 Å². The first-order valence-electron chi connectivity index (χ1n) is 23.0. The molecule has 0 N–H and O–H groups in total. The number of esters is 3. The van der Waals surface area contributed by atoms with Crippen LogP contribution < -0.4 is 0 Å². The summed E-state index contributed by atoms with van der Waals surface area (Å²) in [6.45, 7) is 6.21. The van der Waals surface area contributed by atoms with Crippen molar-refractivity contribution >= 4 is 17.9 Å². The van der Waals surface area contributed by atoms with E-state index >= 15 is 0 Å². The quantitative estimate of drug-likeness (QED) is 0.0266. The van der Waals surface area contributed by atoms with Crippen molar-refractivity contribution in [2.45, 2.75) is 181 Å². The monoisotopic (exact) mass is 815 g/mol. The molecule has 0 fully saturated rings. The molecule has 0 rings (SSSR count). The smallest absolute Gasteiger partial charge is 0.306 e. The minimum absolute atomic E-state index is 0.113. The van der Waals surface area contributed by atoms with E-state index in [0.717, 1.165) is 122 Å². The Kier molecular flexibility index (Phi) is 43.2. The van der Waals surface area contributed by atoms with Gasteiger partial charge in [0.15, 0.2) is 6.10 Å². The number of carbonyl (C=O) groups excluding carboxylic acids is 3. The minimum atomic E-state index is -0.815. The Bertz CT molecular complexity index is 1300. The highest BCUT2D eigenvalue weighted by Crippen LogP contribution is 2.10. The Morgan fingerprint density at radius 1 is 0.356 bits per heavy atom. The van der Waals surface area contributed by atoms with Crippen LogP contribution in [0, 0.1) is 0 Å². The second-order valence-electron chi connectivity index (χ2n) is 14.5. The van der Waals surface area contributed by atoms with Crippen LogP contribution in [0.5, 0.6) is 0 Å². The molecule has 59 heavy (non-hydrogen) atoms. The van der Waals surface area contributed by atoms with Crippen molar-refractivity contribution in [3.8, 4) is 0 Å². The SMILES string of the molecule is CC/C=C\C/C=C\C/C=C\C/C=C\C/C=C\C/C=C\C/C=C\CCCC(=O)OCC(COC(=O)CCCCCCC)OC(=O)CCCCC/C=C\C/C=C\C/C=C\CC. The van der Waals surface area contributed by atoms with Gasteiger partial charge in [0.05, 0.1) is 0 Å². The van der Waals surface area contributed by atoms with E-state index in [9.17, 15) is 14.4 Å². The van der Waals surface area contributed by atoms with E-state index in [2.05, 4.69) is 142 Å². The number of ether oxygens (including phenoxy) is 3. The molecule has 0 spiro atoms. The molecular formula is C53H82O6. The fourth-order valence-electron chi connectivity index (χ4n) is 5.56. The third-order valence-electron chi connectivity index (χ3n) is 8.96. The molecule has 0 saturated heterocycles. The number of hydrogen-bond acceptors (Lipinski definition) is 6. The highest BCUT2D eigenvalue weighted by Gasteiger charge is 2.19. The van der Waals surface area contributed by atoms with Crippen molar-refractivity contribution in [3.63, 3.8) is 0 Å². The molecule has 0 amide bonds. The zero-order valence-corrected chi connectivity index (χ0v) is 37.5. The normalized spacial score (nSPS) is 13.2. The maximum absolute atomic E-state index is 12.6. The van der Waals surface area contributed by atoms with Gasteiger partial charge in [0.2, 0.25) is 0 Å². The van der Waals surface area contributed by atoms with Gasteiger partial charge in [0.25, 0.3) is 0 Å². The number of rotatable bonds is 39. The van der Waals surface area contributed by atoms with Crippen molar-refractivity contribution in [3.05, 3.63) is 122 Å². The Labute approximate surface area is 361 Å². The number of allylic oxidation sites excluding steroid dienone is 20. The highest BCUT2D eigenvalue weighted by atomic mass is 16.6. The zero-order chi connectivity index (χ0) is 43.0. The third-order valence-corrected chi connectivity index (χ3v) is 8.96. The zero-order valence-electron chi connectivity index (χ0n) is 37.5. The topological polar surface area (TPSA) is 78.9 Å². The van der Waals surface area contributed by atoms with Gasteiger partial charge < -0.3 is 14.2 Å². The minimum Gasteiger partial charge on any atom is -0.462 e. The van der Waals surface area contributed by atoms with Gasteiger partial charge >= 0.3 is 17.9 Å². The summed E-state index contributed by atoms with van der Waals surface area (Å²) >= 11 is 0. The molecule has 0 aliphatic rings. The second-order valence-corrected chi connectivity index (χ2v) is 14.5. The summed E-state index contributed by atoms with van der Waals surface area (Å²) in [5.41, 5.74) is 0. The standard InChI is InChI=1S/C53H82O6/c1-4-7-10-13-15-17-19-21-22-23-24-25-26-27-28-29-30-32-33-35-37-40-43-46-52(55)58-49-50(48-57-51(54)45-42-39-12-9-6-3)59-53(56)47-44-41-38-36-34-31-20-18-16-14-11-8-5-2/h7-8,10-11,15-18,21-22,24-25,27-28,30-32,34-35,37,50H,4-6,9,12-14,19-20,23,26,29,33,36,38-49H2,1-3H3/b10-7-,11-8-,17-15-,18-16-,22-21-,25-24-,28-27-,32-30-,34-31-,37-35-. The molecule has 0 heterocycles. The molecule has 0 aliphatic heterocycles. The van der Waals surface area contributed by atoms with E-state index < -0.39 is 6.10 Å². The predicted octanol–water partition coefficient (Wildman–Crippen LogP) is 15.0. The number of hydrogen-bond donors (Lipinski definition) is 0. The molecule has 0 aromatic heterocycles. The lowest BCUT2D eigenvalue weighted by atomic mass is 10.1. The largest absolute Gasteiger partial charge is 0.462 e. The Morgan fingerprint density at radius 2 is 0.678 bits per heavy atom. The Balaban J connectivity index is 4.36. The summed E-state index contributed by atoms with van der Waals surface area (Å²) in [6, 6.07) is 0. The molecular weight excluding hydrogens is 733 g/mol. The van der Waals surface area contributed by atoms with Gasteiger partial charge in [-0.15, -0.1) is 0 Å². The molecule has 0 aromatic rings. The summed E-state index contributed by atoms with van der Waals surface area (Å²) in [7, 11) is 0. The summed E-state index contributed by atoms with van der Waals surface area (Å²) in [5, 5.41) is 0. The number of carbonyl (C=O) groups is 3. The lowest BCUT2D eigenvalue weighted by Crippen LogP contribution is -2.30. The van der Waals surface area contributed by atoms with E-state index in [-0.39, 0.29) is 44.0 Å². The highest BCUT2D eigenvalue weighted by molar-refractivity contribution is 5.71. The molecule has 1 atom stereocenters. The first-order chi connectivity index (χ1) is 29.0. The molecule has 6 nitrogen and oxygen atoms in total. The summed E-state index contributed by atoms with van der Waals surface area (Å²) in [6.07, 6.45) is 63.7. The molecule has 6 heteroatoms. The van der Waals surface area contributed by atoms with Gasteiger partial charge in [-0.3, -0.25) is 14.4 Å². The van der Waals surface area contributed by atoms with Crippen LogP contribution in [-0.2, 0) is 28.6 Å². The first-order valence-corrected chi connectivity index (χ1v) is 23.0. The Hall–Kier alpha value is -4.19. The van der Waals surface area contributed by atoms with Crippen LogP contribution in [0.1, 0.15) is 175 Å². The fourth-order valence-corrected chi connectivity index (χ4v) is 5.56. The molecule has 0 aromatic carbocycles. The van der Waals surface area contributed by atoms with Crippen LogP contribution >= 0.6 is 0 Å². The fraction of sp³-hybridized carbons (Fsp3) is 0.566. The molecule has 0 saturated carbocycles. The van der Waals surface area contributed by atoms with E-state index in [0.29, 0.717) is 19.3 Å². The number of unbranched alkanes of at least 4 members (excludes halogenated alkanes) is 8. The van der Waals surface area contributed by atoms with E-state index in [1.54, 1.807) is 0 Å². The van der Waals surface area contributed by atoms with E-state index in [1.807, 2.05) is 0 Å². The van der Waals surface area contributed by atoms with Crippen molar-refractivity contribution in [1.29, 1.82) is 0 Å². The average Bonchev–Trinajstić information content (AvgIpc) is 3.23. The summed E-state index contributed by atoms with van der Waals surface area (Å²) < 4.78 is 16.5. The average molecular weight is 815 g/mol. The predicted molar refractivity (Wildman–Crippen MR) is 251 cm³/mol. The van der Waals surface area contributed by atoms with Gasteiger partial charge in [-0.1, -0.05) is 174 Å². The van der Waals surface area contributed by atoms with Crippen LogP contribution in [0.15, 0.2) is 122 Å². The van der Waals surface area contributed by atoms with Gasteiger partial charge in [0, 0.05) is 19.3 Å². The van der Waals surface area contributed by atoms with Crippen molar-refractivity contribution in [2.75, 3.05) is 13.2 Å². The van der Waals surface area contributed by atoms with Gasteiger partial charge in [0.1, 0.15) is 13.2 Å². The lowest BCUT2D eigenvalue weighted by molar-refractivity contribution is -0.167. The second kappa shape index (κ2) is 46.5. The molecule has 0 radical (unpaired) electrons. The van der Waals surface area contributed by atoms with Crippen LogP contribution in [-0.4, -0.2) is 37.2 Å². The van der Waals surface area contributed by atoms with Crippen LogP contribution in [0.25, 0.3) is 0 Å². The molecule has 1 unspecified atom stereocenters. The lowest BCUT2D eigenvalue weighted by Gasteiger charge is -2.18. The molecule has 0 aliphatic carbocycles. The van der Waals surface area contributed by atoms with Gasteiger partial charge in [-0.25, -0.2) is 0 Å².